The first-order valence-corrected chi connectivity index (χ1v) is 20.3. The van der Waals surface area contributed by atoms with Crippen LogP contribution < -0.4 is 0 Å². The van der Waals surface area contributed by atoms with E-state index < -0.39 is 28.9 Å². The zero-order valence-corrected chi connectivity index (χ0v) is 28.5. The van der Waals surface area contributed by atoms with Crippen molar-refractivity contribution in [3.05, 3.63) is 88.9 Å². The van der Waals surface area contributed by atoms with E-state index in [0.29, 0.717) is 36.5 Å². The molecule has 0 aliphatic heterocycles. The first-order valence-electron chi connectivity index (χ1n) is 15.1. The number of aryl methyl sites for hydroxylation is 1. The third-order valence-electron chi connectivity index (χ3n) is 8.31. The Morgan fingerprint density at radius 3 is 2.61 bits per heavy atom. The minimum atomic E-state index is -3.80. The molecule has 0 fully saturated rings. The monoisotopic (exact) mass is 630 g/mol. The van der Waals surface area contributed by atoms with Crippen LogP contribution in [0.25, 0.3) is 21.9 Å². The number of ether oxygens (including phenoxy) is 2. The fourth-order valence-corrected chi connectivity index (χ4v) is 8.42. The van der Waals surface area contributed by atoms with Crippen LogP contribution in [0.4, 0.5) is 0 Å². The fourth-order valence-electron chi connectivity index (χ4n) is 5.87. The molecular weight excluding hydrogens is 589 g/mol. The van der Waals surface area contributed by atoms with Gasteiger partial charge < -0.3 is 14.0 Å². The van der Waals surface area contributed by atoms with E-state index in [4.69, 9.17) is 14.5 Å². The third-order valence-corrected chi connectivity index (χ3v) is 12.3. The molecule has 0 N–H and O–H groups in total. The topological polar surface area (TPSA) is 99.1 Å². The lowest BCUT2D eigenvalue weighted by Crippen LogP contribution is -2.38. The number of nitriles is 1. The summed E-state index contributed by atoms with van der Waals surface area (Å²) < 4.78 is 43.4. The lowest BCUT2D eigenvalue weighted by Gasteiger charge is -2.29. The van der Waals surface area contributed by atoms with E-state index in [1.165, 1.54) is 3.97 Å². The summed E-state index contributed by atoms with van der Waals surface area (Å²) in [5.74, 6) is 0.647. The summed E-state index contributed by atoms with van der Waals surface area (Å²) in [6, 6.07) is 14.5. The molecular formula is C34H42N4O4SSi. The van der Waals surface area contributed by atoms with Crippen LogP contribution >= 0.6 is 0 Å². The molecule has 0 saturated heterocycles. The molecule has 0 bridgehead atoms. The molecule has 5 rings (SSSR count). The summed E-state index contributed by atoms with van der Waals surface area (Å²) in [5, 5.41) is 10.4. The Kier molecular flexibility index (Phi) is 8.80. The van der Waals surface area contributed by atoms with Gasteiger partial charge in [0.1, 0.15) is 23.4 Å². The van der Waals surface area contributed by atoms with E-state index in [1.807, 2.05) is 73.9 Å². The average molecular weight is 631 g/mol. The van der Waals surface area contributed by atoms with E-state index in [-0.39, 0.29) is 6.73 Å². The Morgan fingerprint density at radius 1 is 1.16 bits per heavy atom. The normalized spacial score (nSPS) is 18.1. The number of hydrogen-bond donors (Lipinski definition) is 0. The molecule has 4 aromatic rings. The Labute approximate surface area is 261 Å². The van der Waals surface area contributed by atoms with Gasteiger partial charge in [-0.3, -0.25) is 0 Å². The highest BCUT2D eigenvalue weighted by Gasteiger charge is 2.40. The summed E-state index contributed by atoms with van der Waals surface area (Å²) in [5.41, 5.74) is 5.30. The second-order valence-electron chi connectivity index (χ2n) is 13.1. The molecule has 2 unspecified atom stereocenters. The molecule has 2 aromatic carbocycles. The maximum Gasteiger partial charge on any atom is 0.248 e. The number of imidazole rings is 1. The molecule has 232 valence electrons. The van der Waals surface area contributed by atoms with Gasteiger partial charge in [-0.25, -0.2) is 17.4 Å². The Bertz CT molecular complexity index is 1920. The van der Waals surface area contributed by atoms with E-state index in [0.717, 1.165) is 39.2 Å². The van der Waals surface area contributed by atoms with Gasteiger partial charge in [-0.05, 0) is 75.6 Å². The first-order chi connectivity index (χ1) is 20.8. The van der Waals surface area contributed by atoms with Crippen molar-refractivity contribution in [1.29, 1.82) is 5.26 Å². The first kappa shape index (κ1) is 31.9. The highest BCUT2D eigenvalue weighted by molar-refractivity contribution is 7.91. The largest absolute Gasteiger partial charge is 0.366 e. The maximum atomic E-state index is 14.2. The van der Waals surface area contributed by atoms with Gasteiger partial charge in [0, 0.05) is 32.9 Å². The summed E-state index contributed by atoms with van der Waals surface area (Å²) in [6.07, 6.45) is 7.19. The minimum absolute atomic E-state index is 0.261. The molecule has 0 radical (unpaired) electrons. The smallest absolute Gasteiger partial charge is 0.248 e. The molecule has 1 aliphatic carbocycles. The van der Waals surface area contributed by atoms with Crippen LogP contribution in [0.3, 0.4) is 0 Å². The second-order valence-corrected chi connectivity index (χ2v) is 21.0. The van der Waals surface area contributed by atoms with E-state index in [2.05, 4.69) is 25.7 Å². The molecule has 0 amide bonds. The molecule has 10 heteroatoms. The lowest BCUT2D eigenvalue weighted by atomic mass is 9.98. The number of benzene rings is 2. The Balaban J connectivity index is 1.65. The molecule has 8 nitrogen and oxygen atoms in total. The van der Waals surface area contributed by atoms with Crippen LogP contribution in [0.1, 0.15) is 55.8 Å². The van der Waals surface area contributed by atoms with Crippen molar-refractivity contribution in [3.8, 4) is 6.07 Å². The highest BCUT2D eigenvalue weighted by atomic mass is 32.2. The quantitative estimate of drug-likeness (QED) is 0.126. The predicted octanol–water partition coefficient (Wildman–Crippen LogP) is 7.45. The summed E-state index contributed by atoms with van der Waals surface area (Å²) in [7, 11) is -5.10. The predicted molar refractivity (Wildman–Crippen MR) is 179 cm³/mol. The van der Waals surface area contributed by atoms with Crippen LogP contribution in [0.15, 0.2) is 66.4 Å². The van der Waals surface area contributed by atoms with Crippen molar-refractivity contribution >= 4 is 40.0 Å². The van der Waals surface area contributed by atoms with Crippen molar-refractivity contribution in [1.82, 2.24) is 13.5 Å². The highest BCUT2D eigenvalue weighted by Crippen LogP contribution is 2.38. The molecule has 2 atom stereocenters. The van der Waals surface area contributed by atoms with Crippen molar-refractivity contribution in [3.63, 3.8) is 0 Å². The summed E-state index contributed by atoms with van der Waals surface area (Å²) in [6.45, 7) is 15.8. The minimum Gasteiger partial charge on any atom is -0.366 e. The van der Waals surface area contributed by atoms with Gasteiger partial charge in [-0.1, -0.05) is 55.6 Å². The van der Waals surface area contributed by atoms with E-state index >= 15 is 0 Å². The number of fused-ring (bicyclic) bond motifs is 2. The molecule has 2 aromatic heterocycles. The standard InChI is InChI=1S/C34H42N4O4SSi/c1-8-42-32(33-36-29-14-12-26(22-35)20-30(29)37(33)23-41-18-19-44(5,6)7)28-13-11-25(3)31-27(28)15-17-38(31)43(39,40)34(4)16-9-10-24(2)21-34/h9-15,17,20-21,32H,8,16,18-19,23H2,1-7H3. The summed E-state index contributed by atoms with van der Waals surface area (Å²) in [4.78, 5) is 5.01. The molecule has 2 heterocycles. The van der Waals surface area contributed by atoms with Crippen molar-refractivity contribution in [2.24, 2.45) is 0 Å². The van der Waals surface area contributed by atoms with Crippen LogP contribution in [-0.4, -0.2) is 48.0 Å². The molecule has 44 heavy (non-hydrogen) atoms. The summed E-state index contributed by atoms with van der Waals surface area (Å²) >= 11 is 0. The van der Waals surface area contributed by atoms with Gasteiger partial charge in [0.15, 0.2) is 0 Å². The fraction of sp³-hybridized carbons (Fsp3) is 0.412. The van der Waals surface area contributed by atoms with Gasteiger partial charge >= 0.3 is 0 Å². The number of rotatable bonds is 11. The van der Waals surface area contributed by atoms with Gasteiger partial charge in [0.25, 0.3) is 0 Å². The molecule has 1 aliphatic rings. The second kappa shape index (κ2) is 12.1. The van der Waals surface area contributed by atoms with Crippen LogP contribution in [0.2, 0.25) is 25.7 Å². The van der Waals surface area contributed by atoms with E-state index in [9.17, 15) is 13.7 Å². The van der Waals surface area contributed by atoms with Gasteiger partial charge in [0.2, 0.25) is 10.0 Å². The van der Waals surface area contributed by atoms with Crippen LogP contribution in [0, 0.1) is 18.3 Å². The van der Waals surface area contributed by atoms with Crippen LogP contribution in [-0.2, 0) is 26.2 Å². The SMILES string of the molecule is CCOC(c1ccc(C)c2c1ccn2S(=O)(=O)C1(C)C=C(C)C=CC1)c1nc2ccc(C#N)cc2n1COCC[Si](C)(C)C. The number of aromatic nitrogens is 3. The van der Waals surface area contributed by atoms with Gasteiger partial charge in [-0.15, -0.1) is 0 Å². The number of hydrogen-bond acceptors (Lipinski definition) is 6. The van der Waals surface area contributed by atoms with Gasteiger partial charge in [0.05, 0.1) is 28.2 Å². The Hall–Kier alpha value is -3.49. The van der Waals surface area contributed by atoms with Crippen molar-refractivity contribution in [2.45, 2.75) is 77.4 Å². The zero-order chi connectivity index (χ0) is 31.9. The van der Waals surface area contributed by atoms with Crippen LogP contribution in [0.5, 0.6) is 0 Å². The number of allylic oxidation sites excluding steroid dienone is 3. The third kappa shape index (κ3) is 5.94. The van der Waals surface area contributed by atoms with Crippen molar-refractivity contribution < 1.29 is 17.9 Å². The van der Waals surface area contributed by atoms with Gasteiger partial charge in [-0.2, -0.15) is 5.26 Å². The molecule has 0 spiro atoms. The van der Waals surface area contributed by atoms with E-state index in [1.54, 1.807) is 19.2 Å². The Morgan fingerprint density at radius 2 is 1.93 bits per heavy atom. The number of nitrogens with zero attached hydrogens (tertiary/aromatic N) is 4. The lowest BCUT2D eigenvalue weighted by molar-refractivity contribution is 0.0602. The maximum absolute atomic E-state index is 14.2. The molecule has 0 saturated carbocycles. The zero-order valence-electron chi connectivity index (χ0n) is 26.7. The van der Waals surface area contributed by atoms with Crippen molar-refractivity contribution in [2.75, 3.05) is 13.2 Å². The average Bonchev–Trinajstić information content (AvgIpc) is 3.57.